The van der Waals surface area contributed by atoms with Crippen molar-refractivity contribution in [1.82, 2.24) is 5.32 Å². The van der Waals surface area contributed by atoms with Crippen LogP contribution in [0.3, 0.4) is 0 Å². The summed E-state index contributed by atoms with van der Waals surface area (Å²) >= 11 is 0. The second-order valence-corrected chi connectivity index (χ2v) is 10.4. The zero-order chi connectivity index (χ0) is 22.4. The predicted octanol–water partition coefficient (Wildman–Crippen LogP) is 2.91. The lowest BCUT2D eigenvalue weighted by atomic mass is 9.89. The molecule has 31 heavy (non-hydrogen) atoms. The molecule has 2 aliphatic rings. The summed E-state index contributed by atoms with van der Waals surface area (Å²) in [7, 11) is -3.71. The molecule has 2 heterocycles. The average molecular weight is 447 g/mol. The summed E-state index contributed by atoms with van der Waals surface area (Å²) in [6.45, 7) is 5.64. The molecule has 1 N–H and O–H groups in total. The molecule has 2 aromatic rings. The molecule has 1 atom stereocenters. The van der Waals surface area contributed by atoms with Gasteiger partial charge < -0.3 is 19.5 Å². The van der Waals surface area contributed by atoms with Gasteiger partial charge in [0.15, 0.2) is 11.5 Å². The Morgan fingerprint density at radius 1 is 1.13 bits per heavy atom. The molecule has 0 radical (unpaired) electrons. The highest BCUT2D eigenvalue weighted by Crippen LogP contribution is 2.40. The van der Waals surface area contributed by atoms with Gasteiger partial charge in [0, 0.05) is 18.1 Å². The van der Waals surface area contributed by atoms with Crippen LogP contribution in [-0.4, -0.2) is 39.5 Å². The van der Waals surface area contributed by atoms with E-state index in [1.54, 1.807) is 18.2 Å². The Bertz CT molecular complexity index is 1130. The van der Waals surface area contributed by atoms with Gasteiger partial charge in [0.2, 0.25) is 22.7 Å². The van der Waals surface area contributed by atoms with Crippen LogP contribution in [-0.2, 0) is 14.8 Å². The van der Waals surface area contributed by atoms with Crippen molar-refractivity contribution < 1.29 is 27.4 Å². The van der Waals surface area contributed by atoms with Crippen molar-refractivity contribution in [1.29, 1.82) is 0 Å². The molecule has 4 rings (SSSR count). The molecule has 0 saturated carbocycles. The molecule has 0 bridgehead atoms. The maximum absolute atomic E-state index is 12.9. The second kappa shape index (κ2) is 7.64. The first-order chi connectivity index (χ1) is 14.5. The third-order valence-electron chi connectivity index (χ3n) is 5.29. The second-order valence-electron chi connectivity index (χ2n) is 8.53. The Morgan fingerprint density at radius 3 is 2.61 bits per heavy atom. The van der Waals surface area contributed by atoms with Gasteiger partial charge in [-0.1, -0.05) is 12.1 Å². The average Bonchev–Trinajstić information content (AvgIpc) is 3.11. The van der Waals surface area contributed by atoms with Crippen molar-refractivity contribution in [2.24, 2.45) is 0 Å². The summed E-state index contributed by atoms with van der Waals surface area (Å²) in [5, 5.41) is 2.99. The highest BCUT2D eigenvalue weighted by molar-refractivity contribution is 7.92. The number of nitrogens with zero attached hydrogens (tertiary/aromatic N) is 1. The highest BCUT2D eigenvalue weighted by Gasteiger charge is 2.35. The first kappa shape index (κ1) is 21.3. The zero-order valence-electron chi connectivity index (χ0n) is 18.0. The monoisotopic (exact) mass is 446 g/mol. The fourth-order valence-corrected chi connectivity index (χ4v) is 4.75. The van der Waals surface area contributed by atoms with Crippen LogP contribution in [0.25, 0.3) is 0 Å². The predicted molar refractivity (Wildman–Crippen MR) is 116 cm³/mol. The third kappa shape index (κ3) is 4.56. The van der Waals surface area contributed by atoms with Crippen LogP contribution in [0.4, 0.5) is 5.69 Å². The number of rotatable bonds is 5. The van der Waals surface area contributed by atoms with Crippen molar-refractivity contribution in [3.8, 4) is 17.2 Å². The SMILES string of the molecule is Cc1ccc2c(c1)OC(C)(C)C[C@@H]2NC(=O)CN(c1ccc2c(c1)OCO2)S(C)(=O)=O. The molecule has 9 heteroatoms. The van der Waals surface area contributed by atoms with E-state index in [4.69, 9.17) is 14.2 Å². The molecule has 2 aromatic carbocycles. The summed E-state index contributed by atoms with van der Waals surface area (Å²) in [4.78, 5) is 12.9. The molecule has 1 amide bonds. The fourth-order valence-electron chi connectivity index (χ4n) is 3.90. The maximum atomic E-state index is 12.9. The van der Waals surface area contributed by atoms with E-state index >= 15 is 0 Å². The molecule has 0 aliphatic carbocycles. The minimum absolute atomic E-state index is 0.0799. The van der Waals surface area contributed by atoms with E-state index in [2.05, 4.69) is 5.32 Å². The number of hydrogen-bond donors (Lipinski definition) is 1. The number of amides is 1. The summed E-state index contributed by atoms with van der Waals surface area (Å²) in [6, 6.07) is 10.4. The van der Waals surface area contributed by atoms with Crippen LogP contribution in [0.1, 0.15) is 37.4 Å². The van der Waals surface area contributed by atoms with Gasteiger partial charge in [-0.25, -0.2) is 8.42 Å². The van der Waals surface area contributed by atoms with Gasteiger partial charge in [0.05, 0.1) is 18.0 Å². The Morgan fingerprint density at radius 2 is 1.87 bits per heavy atom. The van der Waals surface area contributed by atoms with Crippen LogP contribution in [0.15, 0.2) is 36.4 Å². The van der Waals surface area contributed by atoms with E-state index in [0.29, 0.717) is 23.6 Å². The maximum Gasteiger partial charge on any atom is 0.241 e. The summed E-state index contributed by atoms with van der Waals surface area (Å²) in [5.41, 5.74) is 1.82. The molecular weight excluding hydrogens is 420 g/mol. The van der Waals surface area contributed by atoms with Gasteiger partial charge in [-0.2, -0.15) is 0 Å². The van der Waals surface area contributed by atoms with Crippen molar-refractivity contribution in [3.63, 3.8) is 0 Å². The fraction of sp³-hybridized carbons (Fsp3) is 0.409. The minimum atomic E-state index is -3.71. The van der Waals surface area contributed by atoms with Crippen molar-refractivity contribution >= 4 is 21.6 Å². The first-order valence-electron chi connectivity index (χ1n) is 9.98. The van der Waals surface area contributed by atoms with Gasteiger partial charge in [0.1, 0.15) is 17.9 Å². The van der Waals surface area contributed by atoms with E-state index in [9.17, 15) is 13.2 Å². The number of sulfonamides is 1. The van der Waals surface area contributed by atoms with Gasteiger partial charge in [-0.15, -0.1) is 0 Å². The molecule has 2 aliphatic heterocycles. The number of fused-ring (bicyclic) bond motifs is 2. The van der Waals surface area contributed by atoms with Gasteiger partial charge >= 0.3 is 0 Å². The zero-order valence-corrected chi connectivity index (χ0v) is 18.8. The lowest BCUT2D eigenvalue weighted by molar-refractivity contribution is -0.120. The number of aryl methyl sites for hydroxylation is 1. The Kier molecular flexibility index (Phi) is 5.25. The number of carbonyl (C=O) groups excluding carboxylic acids is 1. The molecule has 166 valence electrons. The highest BCUT2D eigenvalue weighted by atomic mass is 32.2. The molecule has 0 fully saturated rings. The molecule has 0 aromatic heterocycles. The number of ether oxygens (including phenoxy) is 3. The Hall–Kier alpha value is -2.94. The third-order valence-corrected chi connectivity index (χ3v) is 6.43. The Balaban J connectivity index is 1.56. The molecule has 0 unspecified atom stereocenters. The lowest BCUT2D eigenvalue weighted by Gasteiger charge is -2.38. The van der Waals surface area contributed by atoms with Gasteiger partial charge in [-0.05, 0) is 44.5 Å². The van der Waals surface area contributed by atoms with Crippen molar-refractivity contribution in [3.05, 3.63) is 47.5 Å². The minimum Gasteiger partial charge on any atom is -0.487 e. The number of anilines is 1. The standard InChI is InChI=1S/C22H26N2O6S/c1-14-5-7-16-17(11-22(2,3)30-19(16)9-14)23-21(25)12-24(31(4,26)27)15-6-8-18-20(10-15)29-13-28-18/h5-10,17H,11-13H2,1-4H3,(H,23,25)/t17-/m0/s1. The molecular formula is C22H26N2O6S. The van der Waals surface area contributed by atoms with Gasteiger partial charge in [0.25, 0.3) is 0 Å². The van der Waals surface area contributed by atoms with Crippen LogP contribution in [0, 0.1) is 6.92 Å². The van der Waals surface area contributed by atoms with Crippen molar-refractivity contribution in [2.75, 3.05) is 23.9 Å². The van der Waals surface area contributed by atoms with Gasteiger partial charge in [-0.3, -0.25) is 9.10 Å². The van der Waals surface area contributed by atoms with Crippen LogP contribution < -0.4 is 23.8 Å². The van der Waals surface area contributed by atoms with E-state index in [0.717, 1.165) is 27.4 Å². The molecule has 0 saturated heterocycles. The number of nitrogens with one attached hydrogen (secondary N) is 1. The quantitative estimate of drug-likeness (QED) is 0.759. The first-order valence-corrected chi connectivity index (χ1v) is 11.8. The Labute approximate surface area is 182 Å². The van der Waals surface area contributed by atoms with E-state index in [1.165, 1.54) is 0 Å². The molecule has 0 spiro atoms. The molecule has 8 nitrogen and oxygen atoms in total. The van der Waals surface area contributed by atoms with Crippen LogP contribution >= 0.6 is 0 Å². The summed E-state index contributed by atoms with van der Waals surface area (Å²) in [5.74, 6) is 1.31. The van der Waals surface area contributed by atoms with E-state index in [1.807, 2.05) is 39.0 Å². The summed E-state index contributed by atoms with van der Waals surface area (Å²) < 4.78 is 42.7. The van der Waals surface area contributed by atoms with E-state index in [-0.39, 0.29) is 19.4 Å². The smallest absolute Gasteiger partial charge is 0.241 e. The van der Waals surface area contributed by atoms with Crippen LogP contribution in [0.2, 0.25) is 0 Å². The number of carbonyl (C=O) groups is 1. The van der Waals surface area contributed by atoms with Crippen molar-refractivity contribution in [2.45, 2.75) is 38.8 Å². The largest absolute Gasteiger partial charge is 0.487 e. The lowest BCUT2D eigenvalue weighted by Crippen LogP contribution is -2.45. The number of hydrogen-bond acceptors (Lipinski definition) is 6. The summed E-state index contributed by atoms with van der Waals surface area (Å²) in [6.07, 6.45) is 1.64. The topological polar surface area (TPSA) is 94.2 Å². The van der Waals surface area contributed by atoms with Crippen LogP contribution in [0.5, 0.6) is 17.2 Å². The number of benzene rings is 2. The van der Waals surface area contributed by atoms with E-state index < -0.39 is 21.5 Å². The normalized spacial score (nSPS) is 18.6.